The zero-order valence-corrected chi connectivity index (χ0v) is 20.8. The molecule has 0 saturated heterocycles. The van der Waals surface area contributed by atoms with E-state index in [9.17, 15) is 9.59 Å². The number of carbonyl (C=O) groups is 2. The normalized spacial score (nSPS) is 16.9. The molecule has 2 heterocycles. The highest BCUT2D eigenvalue weighted by molar-refractivity contribution is 6.04. The molecule has 4 rings (SSSR count). The fourth-order valence-corrected chi connectivity index (χ4v) is 4.54. The van der Waals surface area contributed by atoms with E-state index in [1.807, 2.05) is 58.0 Å². The van der Waals surface area contributed by atoms with Gasteiger partial charge in [-0.25, -0.2) is 0 Å². The van der Waals surface area contributed by atoms with Crippen LogP contribution in [0.5, 0.6) is 11.5 Å². The highest BCUT2D eigenvalue weighted by Crippen LogP contribution is 2.42. The van der Waals surface area contributed by atoms with Crippen LogP contribution in [0, 0.1) is 13.8 Å². The summed E-state index contributed by atoms with van der Waals surface area (Å²) in [5.41, 5.74) is 3.96. The van der Waals surface area contributed by atoms with Gasteiger partial charge in [0.15, 0.2) is 11.5 Å². The molecule has 0 bridgehead atoms. The van der Waals surface area contributed by atoms with Gasteiger partial charge in [0, 0.05) is 24.1 Å². The summed E-state index contributed by atoms with van der Waals surface area (Å²) in [6, 6.07) is 12.2. The number of nitrogens with zero attached hydrogens (tertiary/aromatic N) is 2. The van der Waals surface area contributed by atoms with E-state index in [-0.39, 0.29) is 11.8 Å². The molecule has 8 heteroatoms. The minimum absolute atomic E-state index is 0.296. The van der Waals surface area contributed by atoms with Crippen molar-refractivity contribution < 1.29 is 19.1 Å². The van der Waals surface area contributed by atoms with Gasteiger partial charge < -0.3 is 20.1 Å². The molecule has 2 atom stereocenters. The Morgan fingerprint density at radius 3 is 2.63 bits per heavy atom. The van der Waals surface area contributed by atoms with Crippen molar-refractivity contribution in [1.29, 1.82) is 0 Å². The molecule has 2 amide bonds. The van der Waals surface area contributed by atoms with Crippen molar-refractivity contribution in [3.05, 3.63) is 70.4 Å². The number of benzene rings is 2. The molecule has 35 heavy (non-hydrogen) atoms. The summed E-state index contributed by atoms with van der Waals surface area (Å²) in [6.07, 6.45) is 0.876. The molecule has 2 aromatic carbocycles. The minimum atomic E-state index is -0.838. The first kappa shape index (κ1) is 24.3. The molecule has 0 unspecified atom stereocenters. The van der Waals surface area contributed by atoms with Crippen molar-refractivity contribution in [2.45, 2.75) is 46.1 Å². The van der Waals surface area contributed by atoms with Crippen LogP contribution in [-0.2, 0) is 11.8 Å². The van der Waals surface area contributed by atoms with Gasteiger partial charge in [0.1, 0.15) is 11.9 Å². The monoisotopic (exact) mass is 476 g/mol. The summed E-state index contributed by atoms with van der Waals surface area (Å²) in [5, 5.41) is 10.5. The van der Waals surface area contributed by atoms with Crippen molar-refractivity contribution in [2.24, 2.45) is 7.05 Å². The third-order valence-corrected chi connectivity index (χ3v) is 6.09. The Morgan fingerprint density at radius 2 is 1.91 bits per heavy atom. The average Bonchev–Trinajstić information content (AvgIpc) is 3.11. The third-order valence-electron chi connectivity index (χ3n) is 6.09. The molecule has 8 nitrogen and oxygen atoms in total. The predicted molar refractivity (Wildman–Crippen MR) is 134 cm³/mol. The molecule has 1 aliphatic heterocycles. The van der Waals surface area contributed by atoms with E-state index in [0.717, 1.165) is 28.8 Å². The van der Waals surface area contributed by atoms with Gasteiger partial charge in [-0.2, -0.15) is 5.10 Å². The van der Waals surface area contributed by atoms with Gasteiger partial charge in [-0.15, -0.1) is 0 Å². The lowest BCUT2D eigenvalue weighted by molar-refractivity contribution is -0.118. The van der Waals surface area contributed by atoms with Crippen LogP contribution in [0.3, 0.4) is 0 Å². The summed E-state index contributed by atoms with van der Waals surface area (Å²) >= 11 is 0. The Balaban J connectivity index is 1.79. The number of hydrogen-bond donors (Lipinski definition) is 2. The number of amides is 2. The molecule has 0 radical (unpaired) electrons. The first-order valence-electron chi connectivity index (χ1n) is 11.9. The van der Waals surface area contributed by atoms with Crippen LogP contribution in [0.25, 0.3) is 0 Å². The fraction of sp³-hybridized carbons (Fsp3) is 0.370. The van der Waals surface area contributed by atoms with Crippen LogP contribution in [0.2, 0.25) is 0 Å². The van der Waals surface area contributed by atoms with Crippen molar-refractivity contribution in [2.75, 3.05) is 18.5 Å². The molecule has 1 aliphatic rings. The number of hydrogen-bond acceptors (Lipinski definition) is 5. The van der Waals surface area contributed by atoms with Crippen LogP contribution in [0.15, 0.2) is 42.5 Å². The lowest BCUT2D eigenvalue weighted by Crippen LogP contribution is -2.50. The Kier molecular flexibility index (Phi) is 7.10. The van der Waals surface area contributed by atoms with Gasteiger partial charge in [0.05, 0.1) is 18.9 Å². The Hall–Kier alpha value is -3.81. The second kappa shape index (κ2) is 10.2. The maximum atomic E-state index is 13.3. The van der Waals surface area contributed by atoms with Crippen molar-refractivity contribution in [1.82, 2.24) is 15.1 Å². The minimum Gasteiger partial charge on any atom is -0.490 e. The summed E-state index contributed by atoms with van der Waals surface area (Å²) in [7, 11) is 1.79. The number of anilines is 1. The van der Waals surface area contributed by atoms with E-state index in [1.54, 1.807) is 23.9 Å². The maximum Gasteiger partial charge on any atom is 0.251 e. The third kappa shape index (κ3) is 4.87. The molecule has 2 N–H and O–H groups in total. The van der Waals surface area contributed by atoms with E-state index in [4.69, 9.17) is 9.47 Å². The van der Waals surface area contributed by atoms with E-state index in [0.29, 0.717) is 36.1 Å². The van der Waals surface area contributed by atoms with Gasteiger partial charge in [0.25, 0.3) is 5.91 Å². The SMILES string of the molecule is CCCOc1ccc([C@@H]2c3c(C)nn(C)c3NC(=O)[C@H]2NC(=O)c2cccc(C)c2)cc1OCC. The zero-order chi connectivity index (χ0) is 25.1. The lowest BCUT2D eigenvalue weighted by Gasteiger charge is -2.33. The van der Waals surface area contributed by atoms with Gasteiger partial charge in [-0.1, -0.05) is 30.7 Å². The Labute approximate surface area is 205 Å². The number of aromatic nitrogens is 2. The average molecular weight is 477 g/mol. The number of ether oxygens (including phenoxy) is 2. The van der Waals surface area contributed by atoms with Crippen molar-refractivity contribution >= 4 is 17.6 Å². The first-order chi connectivity index (χ1) is 16.8. The van der Waals surface area contributed by atoms with Gasteiger partial charge in [0.2, 0.25) is 5.91 Å². The number of nitrogens with one attached hydrogen (secondary N) is 2. The quantitative estimate of drug-likeness (QED) is 0.510. The van der Waals surface area contributed by atoms with E-state index in [1.165, 1.54) is 0 Å². The standard InChI is InChI=1S/C27H32N4O4/c1-6-13-35-20-12-11-18(15-21(20)34-7-2)23-22-17(4)30-31(5)25(22)29-27(33)24(23)28-26(32)19-10-8-9-16(3)14-19/h8-12,14-15,23-24H,6-7,13H2,1-5H3,(H,28,32)(H,29,33)/t23-,24+/m1/s1. The zero-order valence-electron chi connectivity index (χ0n) is 20.8. The number of carbonyl (C=O) groups excluding carboxylic acids is 2. The molecular formula is C27H32N4O4. The molecular weight excluding hydrogens is 444 g/mol. The number of aryl methyl sites for hydroxylation is 3. The number of rotatable bonds is 8. The van der Waals surface area contributed by atoms with E-state index >= 15 is 0 Å². The fourth-order valence-electron chi connectivity index (χ4n) is 4.54. The molecule has 1 aromatic heterocycles. The molecule has 0 aliphatic carbocycles. The first-order valence-corrected chi connectivity index (χ1v) is 11.9. The second-order valence-electron chi connectivity index (χ2n) is 8.75. The van der Waals surface area contributed by atoms with Gasteiger partial charge in [-0.3, -0.25) is 14.3 Å². The predicted octanol–water partition coefficient (Wildman–Crippen LogP) is 4.11. The largest absolute Gasteiger partial charge is 0.490 e. The molecule has 0 fully saturated rings. The number of fused-ring (bicyclic) bond motifs is 1. The van der Waals surface area contributed by atoms with Crippen LogP contribution in [0.1, 0.15) is 58.9 Å². The van der Waals surface area contributed by atoms with E-state index in [2.05, 4.69) is 15.7 Å². The van der Waals surface area contributed by atoms with Gasteiger partial charge >= 0.3 is 0 Å². The van der Waals surface area contributed by atoms with Crippen LogP contribution < -0.4 is 20.1 Å². The Bertz CT molecular complexity index is 1250. The smallest absolute Gasteiger partial charge is 0.251 e. The van der Waals surface area contributed by atoms with Crippen molar-refractivity contribution in [3.63, 3.8) is 0 Å². The summed E-state index contributed by atoms with van der Waals surface area (Å²) < 4.78 is 13.4. The maximum absolute atomic E-state index is 13.3. The Morgan fingerprint density at radius 1 is 1.11 bits per heavy atom. The lowest BCUT2D eigenvalue weighted by atomic mass is 9.81. The van der Waals surface area contributed by atoms with Gasteiger partial charge in [-0.05, 0) is 57.0 Å². The molecule has 184 valence electrons. The van der Waals surface area contributed by atoms with E-state index < -0.39 is 12.0 Å². The molecule has 3 aromatic rings. The van der Waals surface area contributed by atoms with Crippen LogP contribution in [0.4, 0.5) is 5.82 Å². The molecule has 0 spiro atoms. The summed E-state index contributed by atoms with van der Waals surface area (Å²) in [4.78, 5) is 26.5. The highest BCUT2D eigenvalue weighted by atomic mass is 16.5. The van der Waals surface area contributed by atoms with Crippen LogP contribution in [-0.4, -0.2) is 40.9 Å². The second-order valence-corrected chi connectivity index (χ2v) is 8.75. The van der Waals surface area contributed by atoms with Crippen molar-refractivity contribution in [3.8, 4) is 11.5 Å². The summed E-state index contributed by atoms with van der Waals surface area (Å²) in [6.45, 7) is 8.84. The molecule has 0 saturated carbocycles. The highest BCUT2D eigenvalue weighted by Gasteiger charge is 2.41. The topological polar surface area (TPSA) is 94.5 Å². The van der Waals surface area contributed by atoms with Crippen LogP contribution >= 0.6 is 0 Å². The summed E-state index contributed by atoms with van der Waals surface area (Å²) in [5.74, 6) is 0.827.